The van der Waals surface area contributed by atoms with Crippen molar-refractivity contribution in [1.82, 2.24) is 0 Å². The van der Waals surface area contributed by atoms with Gasteiger partial charge in [-0.3, -0.25) is 15.1 Å². The number of carbonyl (C=O) groups is 1. The van der Waals surface area contributed by atoms with Gasteiger partial charge < -0.3 is 5.11 Å². The zero-order valence-corrected chi connectivity index (χ0v) is 20.6. The van der Waals surface area contributed by atoms with Crippen LogP contribution in [0.2, 0.25) is 5.02 Å². The molecular weight excluding hydrogens is 512 g/mol. The third-order valence-electron chi connectivity index (χ3n) is 6.36. The minimum atomic E-state index is -0.629. The summed E-state index contributed by atoms with van der Waals surface area (Å²) in [4.78, 5) is 15.3. The highest BCUT2D eigenvalue weighted by Crippen LogP contribution is 2.49. The van der Waals surface area contributed by atoms with Crippen molar-refractivity contribution in [2.24, 2.45) is 0 Å². The van der Waals surface area contributed by atoms with Gasteiger partial charge in [-0.15, -0.1) is 0 Å². The SMILES string of the molecule is N=C1C(=C(O)c2ccccc2)[C@@H](c2ccccc2Cl)C2=C(CCCC2=O)N1c1ccc(Br)cc1. The zero-order valence-electron chi connectivity index (χ0n) is 18.3. The molecule has 0 unspecified atom stereocenters. The fourth-order valence-corrected chi connectivity index (χ4v) is 5.35. The first-order chi connectivity index (χ1) is 16.5. The van der Waals surface area contributed by atoms with Crippen molar-refractivity contribution < 1.29 is 9.90 Å². The largest absolute Gasteiger partial charge is 0.507 e. The second-order valence-corrected chi connectivity index (χ2v) is 9.70. The second-order valence-electron chi connectivity index (χ2n) is 8.38. The van der Waals surface area contributed by atoms with Gasteiger partial charge >= 0.3 is 0 Å². The van der Waals surface area contributed by atoms with Crippen molar-refractivity contribution in [1.29, 1.82) is 5.41 Å². The average molecular weight is 534 g/mol. The van der Waals surface area contributed by atoms with Crippen LogP contribution in [-0.2, 0) is 4.79 Å². The molecule has 0 amide bonds. The first kappa shape index (κ1) is 22.6. The molecule has 1 atom stereocenters. The monoisotopic (exact) mass is 532 g/mol. The molecule has 2 aliphatic rings. The predicted octanol–water partition coefficient (Wildman–Crippen LogP) is 7.66. The van der Waals surface area contributed by atoms with Gasteiger partial charge in [0.1, 0.15) is 11.6 Å². The van der Waals surface area contributed by atoms with E-state index in [0.29, 0.717) is 40.1 Å². The molecule has 0 saturated carbocycles. The lowest BCUT2D eigenvalue weighted by atomic mass is 9.73. The smallest absolute Gasteiger partial charge is 0.161 e. The van der Waals surface area contributed by atoms with Gasteiger partial charge in [0.25, 0.3) is 0 Å². The molecule has 170 valence electrons. The molecule has 1 aliphatic carbocycles. The van der Waals surface area contributed by atoms with Crippen molar-refractivity contribution >= 4 is 50.6 Å². The summed E-state index contributed by atoms with van der Waals surface area (Å²) in [5.41, 5.74) is 3.85. The molecule has 0 bridgehead atoms. The Morgan fingerprint density at radius 1 is 0.971 bits per heavy atom. The van der Waals surface area contributed by atoms with Gasteiger partial charge in [0.15, 0.2) is 5.78 Å². The summed E-state index contributed by atoms with van der Waals surface area (Å²) < 4.78 is 0.922. The van der Waals surface area contributed by atoms with Gasteiger partial charge in [-0.05, 0) is 48.7 Å². The van der Waals surface area contributed by atoms with Crippen molar-refractivity contribution in [3.8, 4) is 0 Å². The van der Waals surface area contributed by atoms with Crippen LogP contribution in [-0.4, -0.2) is 16.7 Å². The van der Waals surface area contributed by atoms with E-state index in [-0.39, 0.29) is 17.4 Å². The molecule has 0 saturated heterocycles. The highest BCUT2D eigenvalue weighted by Gasteiger charge is 2.43. The fraction of sp³-hybridized carbons (Fsp3) is 0.143. The van der Waals surface area contributed by atoms with Gasteiger partial charge in [-0.2, -0.15) is 0 Å². The molecular formula is C28H22BrClN2O2. The van der Waals surface area contributed by atoms with Gasteiger partial charge in [-0.25, -0.2) is 0 Å². The Morgan fingerprint density at radius 3 is 2.35 bits per heavy atom. The number of ketones is 1. The van der Waals surface area contributed by atoms with Crippen LogP contribution in [0.3, 0.4) is 0 Å². The molecule has 1 aliphatic heterocycles. The Morgan fingerprint density at radius 2 is 1.65 bits per heavy atom. The van der Waals surface area contributed by atoms with E-state index in [1.165, 1.54) is 0 Å². The first-order valence-corrected chi connectivity index (χ1v) is 12.3. The maximum absolute atomic E-state index is 13.5. The van der Waals surface area contributed by atoms with Crippen molar-refractivity contribution in [3.05, 3.63) is 116 Å². The van der Waals surface area contributed by atoms with Crippen molar-refractivity contribution in [3.63, 3.8) is 0 Å². The molecule has 2 N–H and O–H groups in total. The molecule has 0 fully saturated rings. The number of nitrogens with zero attached hydrogens (tertiary/aromatic N) is 1. The molecule has 0 spiro atoms. The van der Waals surface area contributed by atoms with Gasteiger partial charge in [0.2, 0.25) is 0 Å². The zero-order chi connectivity index (χ0) is 23.8. The van der Waals surface area contributed by atoms with E-state index < -0.39 is 5.92 Å². The van der Waals surface area contributed by atoms with Crippen LogP contribution in [0.25, 0.3) is 5.76 Å². The summed E-state index contributed by atoms with van der Waals surface area (Å²) in [6.07, 6.45) is 1.82. The number of nitrogens with one attached hydrogen (secondary N) is 1. The Bertz CT molecular complexity index is 1350. The van der Waals surface area contributed by atoms with Crippen LogP contribution in [0.15, 0.2) is 100 Å². The highest BCUT2D eigenvalue weighted by molar-refractivity contribution is 9.10. The van der Waals surface area contributed by atoms with E-state index in [4.69, 9.17) is 11.6 Å². The molecule has 1 heterocycles. The maximum atomic E-state index is 13.5. The van der Waals surface area contributed by atoms with E-state index in [0.717, 1.165) is 22.3 Å². The normalized spacial score (nSPS) is 19.8. The summed E-state index contributed by atoms with van der Waals surface area (Å²) in [7, 11) is 0. The number of amidine groups is 1. The Labute approximate surface area is 211 Å². The molecule has 3 aromatic rings. The summed E-state index contributed by atoms with van der Waals surface area (Å²) >= 11 is 10.1. The van der Waals surface area contributed by atoms with Gasteiger partial charge in [-0.1, -0.05) is 76.1 Å². The number of carbonyl (C=O) groups excluding carboxylic acids is 1. The number of aliphatic hydroxyl groups is 1. The van der Waals surface area contributed by atoms with Crippen LogP contribution in [0.4, 0.5) is 5.69 Å². The minimum Gasteiger partial charge on any atom is -0.507 e. The van der Waals surface area contributed by atoms with E-state index in [1.54, 1.807) is 23.1 Å². The number of benzene rings is 3. The fourth-order valence-electron chi connectivity index (χ4n) is 4.84. The van der Waals surface area contributed by atoms with Crippen LogP contribution in [0.5, 0.6) is 0 Å². The van der Waals surface area contributed by atoms with Crippen LogP contribution >= 0.6 is 27.5 Å². The van der Waals surface area contributed by atoms with Gasteiger partial charge in [0.05, 0.1) is 0 Å². The molecule has 0 aromatic heterocycles. The van der Waals surface area contributed by atoms with E-state index >= 15 is 0 Å². The van der Waals surface area contributed by atoms with Gasteiger partial charge in [0, 0.05) is 49.9 Å². The third-order valence-corrected chi connectivity index (χ3v) is 7.23. The number of hydrogen-bond acceptors (Lipinski definition) is 3. The predicted molar refractivity (Wildman–Crippen MR) is 140 cm³/mol. The standard InChI is InChI=1S/C28H22BrClN2O2/c29-18-13-15-19(16-14-18)32-22-11-6-12-23(33)25(22)24(20-9-4-5-10-21(20)30)26(28(32)31)27(34)17-7-2-1-3-8-17/h1-5,7-10,13-16,24,31,34H,6,11-12H2/t24-/m0/s1. The summed E-state index contributed by atoms with van der Waals surface area (Å²) in [6.45, 7) is 0. The number of hydrogen-bond donors (Lipinski definition) is 2. The summed E-state index contributed by atoms with van der Waals surface area (Å²) in [5.74, 6) is -0.486. The maximum Gasteiger partial charge on any atom is 0.161 e. The minimum absolute atomic E-state index is 0.0254. The first-order valence-electron chi connectivity index (χ1n) is 11.1. The van der Waals surface area contributed by atoms with Crippen molar-refractivity contribution in [2.75, 3.05) is 4.90 Å². The number of allylic oxidation sites excluding steroid dienone is 2. The molecule has 34 heavy (non-hydrogen) atoms. The number of rotatable bonds is 3. The van der Waals surface area contributed by atoms with Crippen LogP contribution in [0.1, 0.15) is 36.3 Å². The lowest BCUT2D eigenvalue weighted by Gasteiger charge is -2.42. The lowest BCUT2D eigenvalue weighted by molar-refractivity contribution is -0.116. The topological polar surface area (TPSA) is 64.4 Å². The second kappa shape index (κ2) is 9.24. The Kier molecular flexibility index (Phi) is 6.15. The number of aliphatic hydroxyl groups excluding tert-OH is 1. The Hall–Kier alpha value is -3.15. The Balaban J connectivity index is 1.84. The molecule has 3 aromatic carbocycles. The van der Waals surface area contributed by atoms with E-state index in [1.807, 2.05) is 60.7 Å². The third kappa shape index (κ3) is 3.89. The molecule has 6 heteroatoms. The quantitative estimate of drug-likeness (QED) is 0.340. The van der Waals surface area contributed by atoms with Crippen LogP contribution in [0, 0.1) is 5.41 Å². The lowest BCUT2D eigenvalue weighted by Crippen LogP contribution is -2.42. The highest BCUT2D eigenvalue weighted by atomic mass is 79.9. The molecule has 5 rings (SSSR count). The van der Waals surface area contributed by atoms with Crippen molar-refractivity contribution in [2.45, 2.75) is 25.2 Å². The molecule has 0 radical (unpaired) electrons. The number of anilines is 1. The number of halogens is 2. The summed E-state index contributed by atoms with van der Waals surface area (Å²) in [5, 5.41) is 21.4. The number of Topliss-reactive ketones (excluding diaryl/α,β-unsaturated/α-hetero) is 1. The van der Waals surface area contributed by atoms with E-state index in [2.05, 4.69) is 15.9 Å². The van der Waals surface area contributed by atoms with E-state index in [9.17, 15) is 15.3 Å². The average Bonchev–Trinajstić information content (AvgIpc) is 2.85. The molecule has 4 nitrogen and oxygen atoms in total. The van der Waals surface area contributed by atoms with Crippen LogP contribution < -0.4 is 4.90 Å². The summed E-state index contributed by atoms with van der Waals surface area (Å²) in [6, 6.07) is 24.2.